The first kappa shape index (κ1) is 8.56. The van der Waals surface area contributed by atoms with Gasteiger partial charge in [-0.3, -0.25) is 0 Å². The molecule has 0 unspecified atom stereocenters. The van der Waals surface area contributed by atoms with Gasteiger partial charge in [-0.15, -0.1) is 11.6 Å². The monoisotopic (exact) mass is 151 g/mol. The zero-order chi connectivity index (χ0) is 7.49. The van der Waals surface area contributed by atoms with Crippen molar-refractivity contribution in [3.63, 3.8) is 0 Å². The van der Waals surface area contributed by atoms with Crippen LogP contribution in [0, 0.1) is 0 Å². The minimum Gasteiger partial charge on any atom is -0.442 e. The summed E-state index contributed by atoms with van der Waals surface area (Å²) in [5, 5.41) is 0. The predicted octanol–water partition coefficient (Wildman–Crippen LogP) is 1.10. The van der Waals surface area contributed by atoms with Crippen molar-refractivity contribution in [1.29, 1.82) is 0 Å². The average Bonchev–Trinajstić information content (AvgIpc) is 1.63. The Hall–Kier alpha value is -0.440. The zero-order valence-electron chi connectivity index (χ0n) is 5.48. The first-order valence-electron chi connectivity index (χ1n) is 2.52. The molecule has 0 bridgehead atoms. The maximum atomic E-state index is 10.1. The summed E-state index contributed by atoms with van der Waals surface area (Å²) in [5.41, 5.74) is 4.09. The smallest absolute Gasteiger partial charge is 0.405 e. The van der Waals surface area contributed by atoms with Crippen molar-refractivity contribution >= 4 is 17.7 Å². The van der Waals surface area contributed by atoms with Gasteiger partial charge in [0.1, 0.15) is 5.60 Å². The van der Waals surface area contributed by atoms with Gasteiger partial charge in [0.25, 0.3) is 0 Å². The number of hydrogen-bond acceptors (Lipinski definition) is 2. The highest BCUT2D eigenvalue weighted by molar-refractivity contribution is 6.18. The van der Waals surface area contributed by atoms with Crippen LogP contribution in [-0.4, -0.2) is 17.6 Å². The van der Waals surface area contributed by atoms with Gasteiger partial charge in [0.05, 0.1) is 5.88 Å². The van der Waals surface area contributed by atoms with E-state index in [0.29, 0.717) is 0 Å². The normalized spacial score (nSPS) is 11.0. The molecule has 1 amide bonds. The van der Waals surface area contributed by atoms with Crippen LogP contribution in [0.3, 0.4) is 0 Å². The second kappa shape index (κ2) is 2.92. The summed E-state index contributed by atoms with van der Waals surface area (Å²) in [5.74, 6) is 0.246. The summed E-state index contributed by atoms with van der Waals surface area (Å²) in [6.45, 7) is 3.37. The molecule has 54 valence electrons. The molecule has 3 nitrogen and oxygen atoms in total. The number of ether oxygens (including phenoxy) is 1. The Morgan fingerprint density at radius 1 is 1.78 bits per heavy atom. The molecule has 4 heteroatoms. The van der Waals surface area contributed by atoms with Crippen molar-refractivity contribution in [3.05, 3.63) is 0 Å². The van der Waals surface area contributed by atoms with E-state index in [1.807, 2.05) is 0 Å². The van der Waals surface area contributed by atoms with Gasteiger partial charge in [0.15, 0.2) is 0 Å². The molecule has 0 atom stereocenters. The first-order valence-corrected chi connectivity index (χ1v) is 3.06. The Morgan fingerprint density at radius 3 is 2.33 bits per heavy atom. The van der Waals surface area contributed by atoms with Crippen molar-refractivity contribution < 1.29 is 9.53 Å². The van der Waals surface area contributed by atoms with Gasteiger partial charge in [-0.05, 0) is 13.8 Å². The molecule has 0 aromatic heterocycles. The van der Waals surface area contributed by atoms with E-state index < -0.39 is 11.7 Å². The lowest BCUT2D eigenvalue weighted by Crippen LogP contribution is -2.32. The number of halogens is 1. The summed E-state index contributed by atoms with van der Waals surface area (Å²) in [6, 6.07) is 0. The van der Waals surface area contributed by atoms with Crippen molar-refractivity contribution in [2.45, 2.75) is 19.4 Å². The van der Waals surface area contributed by atoms with Crippen LogP contribution in [-0.2, 0) is 4.74 Å². The fraction of sp³-hybridized carbons (Fsp3) is 0.800. The SMILES string of the molecule is CC(C)(CCl)OC(N)=O. The Bertz CT molecular complexity index is 114. The third-order valence-electron chi connectivity index (χ3n) is 0.699. The molecule has 0 heterocycles. The molecule has 9 heavy (non-hydrogen) atoms. The number of carbonyl (C=O) groups excluding carboxylic acids is 1. The third kappa shape index (κ3) is 4.09. The van der Waals surface area contributed by atoms with Crippen LogP contribution in [0.25, 0.3) is 0 Å². The quantitative estimate of drug-likeness (QED) is 0.601. The van der Waals surface area contributed by atoms with Gasteiger partial charge in [0, 0.05) is 0 Å². The summed E-state index contributed by atoms with van der Waals surface area (Å²) in [6.07, 6.45) is -0.791. The van der Waals surface area contributed by atoms with Gasteiger partial charge in [-0.2, -0.15) is 0 Å². The van der Waals surface area contributed by atoms with Crippen molar-refractivity contribution in [3.8, 4) is 0 Å². The molecular weight excluding hydrogens is 142 g/mol. The first-order chi connectivity index (χ1) is 3.98. The van der Waals surface area contributed by atoms with Gasteiger partial charge in [-0.1, -0.05) is 0 Å². The molecule has 0 rings (SSSR count). The van der Waals surface area contributed by atoms with E-state index in [4.69, 9.17) is 17.3 Å². The second-order valence-corrected chi connectivity index (χ2v) is 2.58. The fourth-order valence-corrected chi connectivity index (χ4v) is 0.354. The molecule has 0 fully saturated rings. The lowest BCUT2D eigenvalue weighted by molar-refractivity contribution is 0.0624. The maximum absolute atomic E-state index is 10.1. The van der Waals surface area contributed by atoms with Crippen molar-refractivity contribution in [2.24, 2.45) is 5.73 Å². The molecular formula is C5H10ClNO2. The lowest BCUT2D eigenvalue weighted by atomic mass is 10.2. The number of alkyl halides is 1. The Balaban J connectivity index is 3.71. The van der Waals surface area contributed by atoms with Crippen LogP contribution >= 0.6 is 11.6 Å². The number of carbonyl (C=O) groups is 1. The fourth-order valence-electron chi connectivity index (χ4n) is 0.300. The van der Waals surface area contributed by atoms with Crippen LogP contribution in [0.2, 0.25) is 0 Å². The summed E-state index contributed by atoms with van der Waals surface area (Å²) < 4.78 is 4.59. The van der Waals surface area contributed by atoms with E-state index in [9.17, 15) is 4.79 Å². The summed E-state index contributed by atoms with van der Waals surface area (Å²) >= 11 is 5.40. The number of primary amides is 1. The van der Waals surface area contributed by atoms with E-state index in [2.05, 4.69) is 4.74 Å². The van der Waals surface area contributed by atoms with E-state index in [0.717, 1.165) is 0 Å². The summed E-state index contributed by atoms with van der Waals surface area (Å²) in [7, 11) is 0. The third-order valence-corrected chi connectivity index (χ3v) is 1.34. The molecule has 0 aliphatic rings. The van der Waals surface area contributed by atoms with E-state index >= 15 is 0 Å². The second-order valence-electron chi connectivity index (χ2n) is 2.31. The molecule has 0 aliphatic carbocycles. The standard InChI is InChI=1S/C5H10ClNO2/c1-5(2,3-6)9-4(7)8/h3H2,1-2H3,(H2,7,8). The average molecular weight is 152 g/mol. The minimum absolute atomic E-state index is 0.246. The lowest BCUT2D eigenvalue weighted by Gasteiger charge is -2.19. The van der Waals surface area contributed by atoms with Crippen molar-refractivity contribution in [2.75, 3.05) is 5.88 Å². The van der Waals surface area contributed by atoms with E-state index in [1.54, 1.807) is 13.8 Å². The molecule has 0 saturated heterocycles. The van der Waals surface area contributed by atoms with Gasteiger partial charge < -0.3 is 10.5 Å². The molecule has 0 aromatic rings. The van der Waals surface area contributed by atoms with Crippen LogP contribution < -0.4 is 5.73 Å². The Kier molecular flexibility index (Phi) is 2.77. The Morgan fingerprint density at radius 2 is 2.22 bits per heavy atom. The zero-order valence-corrected chi connectivity index (χ0v) is 6.23. The van der Waals surface area contributed by atoms with Gasteiger partial charge >= 0.3 is 6.09 Å². The van der Waals surface area contributed by atoms with Crippen LogP contribution in [0.1, 0.15) is 13.8 Å². The molecule has 0 aromatic carbocycles. The molecule has 0 spiro atoms. The van der Waals surface area contributed by atoms with E-state index in [-0.39, 0.29) is 5.88 Å². The van der Waals surface area contributed by atoms with Crippen LogP contribution in [0.4, 0.5) is 4.79 Å². The van der Waals surface area contributed by atoms with Crippen LogP contribution in [0.15, 0.2) is 0 Å². The minimum atomic E-state index is -0.791. The summed E-state index contributed by atoms with van der Waals surface area (Å²) in [4.78, 5) is 10.1. The van der Waals surface area contributed by atoms with Crippen LogP contribution in [0.5, 0.6) is 0 Å². The van der Waals surface area contributed by atoms with Gasteiger partial charge in [0.2, 0.25) is 0 Å². The van der Waals surface area contributed by atoms with Crippen molar-refractivity contribution in [1.82, 2.24) is 0 Å². The Labute approximate surface area is 59.1 Å². The molecule has 0 radical (unpaired) electrons. The molecule has 0 saturated carbocycles. The number of nitrogens with two attached hydrogens (primary N) is 1. The number of hydrogen-bond donors (Lipinski definition) is 1. The maximum Gasteiger partial charge on any atom is 0.405 e. The molecule has 2 N–H and O–H groups in total. The highest BCUT2D eigenvalue weighted by Crippen LogP contribution is 2.09. The number of amides is 1. The topological polar surface area (TPSA) is 52.3 Å². The highest BCUT2D eigenvalue weighted by Gasteiger charge is 2.19. The highest BCUT2D eigenvalue weighted by atomic mass is 35.5. The van der Waals surface area contributed by atoms with Gasteiger partial charge in [-0.25, -0.2) is 4.79 Å². The predicted molar refractivity (Wildman–Crippen MR) is 35.5 cm³/mol. The van der Waals surface area contributed by atoms with E-state index in [1.165, 1.54) is 0 Å². The largest absolute Gasteiger partial charge is 0.442 e. The number of rotatable bonds is 2. The molecule has 0 aliphatic heterocycles.